The van der Waals surface area contributed by atoms with Crippen LogP contribution in [-0.2, 0) is 11.8 Å². The zero-order valence-corrected chi connectivity index (χ0v) is 20.6. The average molecular weight is 481 g/mol. The third kappa shape index (κ3) is 4.61. The fourth-order valence-electron chi connectivity index (χ4n) is 5.95. The first-order valence-corrected chi connectivity index (χ1v) is 12.9. The standard InChI is InChI=1S/C30H32N4O2/c1-33-29(17-28(32-33)24-12-11-21-7-5-6-8-22(21)15-24)27-19-34-14-13-23(27)16-25(34)18-31-30(35)20-36-26-9-3-2-4-10-26/h2-12,15,17,23,25,27H,13-14,16,18-20H2,1H3,(H,31,35). The summed E-state index contributed by atoms with van der Waals surface area (Å²) in [4.78, 5) is 14.9. The summed E-state index contributed by atoms with van der Waals surface area (Å²) in [5.41, 5.74) is 3.51. The molecule has 184 valence electrons. The van der Waals surface area contributed by atoms with E-state index in [1.54, 1.807) is 0 Å². The van der Waals surface area contributed by atoms with Crippen molar-refractivity contribution in [3.8, 4) is 17.0 Å². The number of benzene rings is 3. The highest BCUT2D eigenvalue weighted by Gasteiger charge is 2.41. The normalized spacial score (nSPS) is 23.0. The summed E-state index contributed by atoms with van der Waals surface area (Å²) in [6.07, 6.45) is 2.30. The highest BCUT2D eigenvalue weighted by molar-refractivity contribution is 5.86. The van der Waals surface area contributed by atoms with Crippen LogP contribution < -0.4 is 10.1 Å². The second kappa shape index (κ2) is 9.78. The smallest absolute Gasteiger partial charge is 0.257 e. The molecule has 0 aliphatic carbocycles. The minimum absolute atomic E-state index is 0.0509. The minimum Gasteiger partial charge on any atom is -0.484 e. The molecule has 4 atom stereocenters. The predicted octanol–water partition coefficient (Wildman–Crippen LogP) is 4.61. The zero-order chi connectivity index (χ0) is 24.5. The average Bonchev–Trinajstić information content (AvgIpc) is 3.32. The number of nitrogens with one attached hydrogen (secondary N) is 1. The fraction of sp³-hybridized carbons (Fsp3) is 0.333. The Labute approximate surface area is 211 Å². The van der Waals surface area contributed by atoms with Gasteiger partial charge in [0.25, 0.3) is 5.91 Å². The summed E-state index contributed by atoms with van der Waals surface area (Å²) < 4.78 is 7.66. The maximum atomic E-state index is 12.3. The fourth-order valence-corrected chi connectivity index (χ4v) is 5.95. The van der Waals surface area contributed by atoms with Crippen molar-refractivity contribution >= 4 is 16.7 Å². The lowest BCUT2D eigenvalue weighted by atomic mass is 9.74. The van der Waals surface area contributed by atoms with Gasteiger partial charge in [0.1, 0.15) is 5.75 Å². The first-order valence-electron chi connectivity index (χ1n) is 12.9. The number of hydrogen-bond donors (Lipinski definition) is 1. The molecule has 7 rings (SSSR count). The van der Waals surface area contributed by atoms with E-state index in [4.69, 9.17) is 9.84 Å². The summed E-state index contributed by atoms with van der Waals surface area (Å²) in [5, 5.41) is 10.5. The molecule has 1 aromatic heterocycles. The molecule has 4 heterocycles. The maximum absolute atomic E-state index is 12.3. The topological polar surface area (TPSA) is 59.4 Å². The largest absolute Gasteiger partial charge is 0.484 e. The quantitative estimate of drug-likeness (QED) is 0.420. The van der Waals surface area contributed by atoms with Crippen molar-refractivity contribution in [3.63, 3.8) is 0 Å². The molecule has 4 aromatic rings. The Morgan fingerprint density at radius 3 is 2.64 bits per heavy atom. The van der Waals surface area contributed by atoms with E-state index >= 15 is 0 Å². The zero-order valence-electron chi connectivity index (χ0n) is 20.6. The molecule has 36 heavy (non-hydrogen) atoms. The number of carbonyl (C=O) groups is 1. The van der Waals surface area contributed by atoms with Gasteiger partial charge in [-0.1, -0.05) is 54.6 Å². The number of para-hydroxylation sites is 1. The third-order valence-electron chi connectivity index (χ3n) is 7.87. The number of aryl methyl sites for hydroxylation is 1. The molecule has 6 nitrogen and oxygen atoms in total. The van der Waals surface area contributed by atoms with Gasteiger partial charge in [0, 0.05) is 43.4 Å². The van der Waals surface area contributed by atoms with Crippen LogP contribution in [0.1, 0.15) is 24.5 Å². The van der Waals surface area contributed by atoms with Crippen LogP contribution in [0.3, 0.4) is 0 Å². The summed E-state index contributed by atoms with van der Waals surface area (Å²) in [7, 11) is 2.07. The summed E-state index contributed by atoms with van der Waals surface area (Å²) in [5.74, 6) is 1.73. The van der Waals surface area contributed by atoms with Crippen molar-refractivity contribution in [2.75, 3.05) is 26.2 Å². The van der Waals surface area contributed by atoms with E-state index < -0.39 is 0 Å². The molecule has 0 spiro atoms. The van der Waals surface area contributed by atoms with Crippen LogP contribution in [0.4, 0.5) is 0 Å². The molecule has 3 aliphatic rings. The third-order valence-corrected chi connectivity index (χ3v) is 7.87. The molecule has 4 unspecified atom stereocenters. The Kier molecular flexibility index (Phi) is 6.20. The van der Waals surface area contributed by atoms with E-state index in [0.29, 0.717) is 24.4 Å². The number of nitrogens with zero attached hydrogens (tertiary/aromatic N) is 3. The molecule has 3 saturated heterocycles. The molecule has 1 N–H and O–H groups in total. The minimum atomic E-state index is -0.0651. The van der Waals surface area contributed by atoms with Crippen molar-refractivity contribution in [3.05, 3.63) is 84.6 Å². The van der Waals surface area contributed by atoms with E-state index in [1.165, 1.54) is 22.9 Å². The highest BCUT2D eigenvalue weighted by atomic mass is 16.5. The van der Waals surface area contributed by atoms with Gasteiger partial charge < -0.3 is 10.1 Å². The van der Waals surface area contributed by atoms with Crippen molar-refractivity contribution in [2.24, 2.45) is 13.0 Å². The van der Waals surface area contributed by atoms with Gasteiger partial charge in [-0.3, -0.25) is 14.4 Å². The Balaban J connectivity index is 1.09. The van der Waals surface area contributed by atoms with Crippen LogP contribution in [0, 0.1) is 5.92 Å². The lowest BCUT2D eigenvalue weighted by molar-refractivity contribution is -0.123. The molecule has 3 aromatic carbocycles. The Morgan fingerprint density at radius 2 is 1.83 bits per heavy atom. The lowest BCUT2D eigenvalue weighted by Gasteiger charge is -2.49. The molecule has 6 heteroatoms. The van der Waals surface area contributed by atoms with Crippen molar-refractivity contribution < 1.29 is 9.53 Å². The van der Waals surface area contributed by atoms with Crippen LogP contribution in [0.5, 0.6) is 5.75 Å². The molecule has 2 bridgehead atoms. The SMILES string of the molecule is Cn1nc(-c2ccc3ccccc3c2)cc1C1CN2CCC1CC2CNC(=O)COc1ccccc1. The number of hydrogen-bond acceptors (Lipinski definition) is 4. The van der Waals surface area contributed by atoms with Crippen molar-refractivity contribution in [2.45, 2.75) is 24.8 Å². The van der Waals surface area contributed by atoms with Crippen LogP contribution in [0.2, 0.25) is 0 Å². The van der Waals surface area contributed by atoms with Gasteiger partial charge in [-0.25, -0.2) is 0 Å². The lowest BCUT2D eigenvalue weighted by Crippen LogP contribution is -2.56. The summed E-state index contributed by atoms with van der Waals surface area (Å²) >= 11 is 0. The van der Waals surface area contributed by atoms with Gasteiger partial charge in [-0.05, 0) is 60.3 Å². The Morgan fingerprint density at radius 1 is 1.03 bits per heavy atom. The molecular formula is C30H32N4O2. The van der Waals surface area contributed by atoms with Gasteiger partial charge in [0.2, 0.25) is 0 Å². The van der Waals surface area contributed by atoms with Crippen LogP contribution in [0.15, 0.2) is 78.9 Å². The highest BCUT2D eigenvalue weighted by Crippen LogP contribution is 2.42. The van der Waals surface area contributed by atoms with E-state index in [9.17, 15) is 4.79 Å². The first kappa shape index (κ1) is 22.8. The number of rotatable bonds is 7. The molecule has 0 radical (unpaired) electrons. The summed E-state index contributed by atoms with van der Waals surface area (Å²) in [6, 6.07) is 27.2. The number of ether oxygens (including phenoxy) is 1. The molecule has 3 fully saturated rings. The number of carbonyl (C=O) groups excluding carboxylic acids is 1. The van der Waals surface area contributed by atoms with E-state index in [-0.39, 0.29) is 12.5 Å². The number of amides is 1. The van der Waals surface area contributed by atoms with E-state index in [1.807, 2.05) is 30.3 Å². The van der Waals surface area contributed by atoms with Crippen molar-refractivity contribution in [1.29, 1.82) is 0 Å². The number of aromatic nitrogens is 2. The maximum Gasteiger partial charge on any atom is 0.257 e. The Hall–Kier alpha value is -3.64. The molecule has 0 saturated carbocycles. The van der Waals surface area contributed by atoms with E-state index in [2.05, 4.69) is 70.5 Å². The van der Waals surface area contributed by atoms with Gasteiger partial charge in [-0.2, -0.15) is 5.10 Å². The first-order chi connectivity index (χ1) is 17.6. The van der Waals surface area contributed by atoms with Gasteiger partial charge >= 0.3 is 0 Å². The van der Waals surface area contributed by atoms with Crippen LogP contribution >= 0.6 is 0 Å². The molecular weight excluding hydrogens is 448 g/mol. The van der Waals surface area contributed by atoms with E-state index in [0.717, 1.165) is 36.5 Å². The number of fused-ring (bicyclic) bond motifs is 4. The monoisotopic (exact) mass is 480 g/mol. The van der Waals surface area contributed by atoms with Gasteiger partial charge in [0.15, 0.2) is 6.61 Å². The Bertz CT molecular complexity index is 1370. The second-order valence-electron chi connectivity index (χ2n) is 10.1. The van der Waals surface area contributed by atoms with Gasteiger partial charge in [-0.15, -0.1) is 0 Å². The van der Waals surface area contributed by atoms with Crippen molar-refractivity contribution in [1.82, 2.24) is 20.0 Å². The van der Waals surface area contributed by atoms with Gasteiger partial charge in [0.05, 0.1) is 5.69 Å². The molecule has 3 aliphatic heterocycles. The van der Waals surface area contributed by atoms with Crippen LogP contribution in [0.25, 0.3) is 22.0 Å². The van der Waals surface area contributed by atoms with Crippen LogP contribution in [-0.4, -0.2) is 52.9 Å². The second-order valence-corrected chi connectivity index (χ2v) is 10.1. The predicted molar refractivity (Wildman–Crippen MR) is 142 cm³/mol. The summed E-state index contributed by atoms with van der Waals surface area (Å²) in [6.45, 7) is 2.84. The number of piperidine rings is 3. The molecule has 1 amide bonds.